The molecular weight excluding hydrogens is 377 g/mol. The van der Waals surface area contributed by atoms with E-state index in [2.05, 4.69) is 21.1 Å². The molecule has 1 heterocycles. The molecule has 1 N–H and O–H groups in total. The number of hydrogen-bond donors (Lipinski definition) is 1. The molecule has 0 bridgehead atoms. The Labute approximate surface area is 146 Å². The van der Waals surface area contributed by atoms with E-state index in [0.717, 1.165) is 16.7 Å². The second-order valence-electron chi connectivity index (χ2n) is 5.67. The van der Waals surface area contributed by atoms with Crippen LogP contribution in [0, 0.1) is 19.7 Å². The van der Waals surface area contributed by atoms with Gasteiger partial charge in [-0.05, 0) is 43.2 Å². The van der Waals surface area contributed by atoms with Crippen molar-refractivity contribution in [1.29, 1.82) is 0 Å². The molecule has 1 aromatic heterocycles. The number of benzene rings is 2. The third-order valence-corrected chi connectivity index (χ3v) is 4.79. The molecule has 5 nitrogen and oxygen atoms in total. The number of rotatable bonds is 4. The molecule has 0 aliphatic rings. The first-order valence-electron chi connectivity index (χ1n) is 7.39. The highest BCUT2D eigenvalue weighted by atomic mass is 79.9. The fourth-order valence-corrected chi connectivity index (χ4v) is 2.79. The molecule has 0 atom stereocenters. The number of aromatic amines is 1. The number of aryl methyl sites for hydroxylation is 3. The maximum atomic E-state index is 14.0. The zero-order valence-electron chi connectivity index (χ0n) is 13.6. The van der Waals surface area contributed by atoms with Crippen molar-refractivity contribution in [3.05, 3.63) is 67.8 Å². The van der Waals surface area contributed by atoms with Gasteiger partial charge in [-0.15, -0.1) is 0 Å². The first-order chi connectivity index (χ1) is 11.4. The Kier molecular flexibility index (Phi) is 4.36. The van der Waals surface area contributed by atoms with Crippen LogP contribution < -0.4 is 10.4 Å². The van der Waals surface area contributed by atoms with E-state index in [9.17, 15) is 9.18 Å². The summed E-state index contributed by atoms with van der Waals surface area (Å²) in [6.45, 7) is 3.96. The second kappa shape index (κ2) is 6.32. The first-order valence-corrected chi connectivity index (χ1v) is 8.19. The van der Waals surface area contributed by atoms with Gasteiger partial charge in [0.25, 0.3) is 0 Å². The highest BCUT2D eigenvalue weighted by Gasteiger charge is 2.15. The molecule has 0 amide bonds. The van der Waals surface area contributed by atoms with Gasteiger partial charge in [0.2, 0.25) is 0 Å². The van der Waals surface area contributed by atoms with Gasteiger partial charge in [-0.25, -0.2) is 19.1 Å². The van der Waals surface area contributed by atoms with Crippen molar-refractivity contribution in [3.63, 3.8) is 0 Å². The van der Waals surface area contributed by atoms with Crippen molar-refractivity contribution in [2.75, 3.05) is 0 Å². The Bertz CT molecular complexity index is 955. The van der Waals surface area contributed by atoms with Crippen LogP contribution in [-0.2, 0) is 13.7 Å². The predicted molar refractivity (Wildman–Crippen MR) is 93.3 cm³/mol. The van der Waals surface area contributed by atoms with Crippen LogP contribution in [0.1, 0.15) is 16.7 Å². The average Bonchev–Trinajstić information content (AvgIpc) is 2.55. The first kappa shape index (κ1) is 16.6. The van der Waals surface area contributed by atoms with Gasteiger partial charge in [0.05, 0.1) is 5.69 Å². The van der Waals surface area contributed by atoms with E-state index in [1.807, 2.05) is 32.0 Å². The van der Waals surface area contributed by atoms with Crippen LogP contribution in [0.5, 0.6) is 5.75 Å². The Morgan fingerprint density at radius 3 is 2.67 bits per heavy atom. The van der Waals surface area contributed by atoms with E-state index in [4.69, 9.17) is 4.74 Å². The van der Waals surface area contributed by atoms with Crippen LogP contribution >= 0.6 is 15.9 Å². The number of hydrogen-bond acceptors (Lipinski definition) is 2. The van der Waals surface area contributed by atoms with Crippen molar-refractivity contribution < 1.29 is 9.13 Å². The van der Waals surface area contributed by atoms with E-state index < -0.39 is 5.82 Å². The number of H-pyrrole nitrogens is 1. The maximum absolute atomic E-state index is 14.0. The summed E-state index contributed by atoms with van der Waals surface area (Å²) in [7, 11) is 1.64. The van der Waals surface area contributed by atoms with Crippen molar-refractivity contribution in [3.8, 4) is 11.4 Å². The minimum absolute atomic E-state index is 0.160. The Morgan fingerprint density at radius 2 is 2.00 bits per heavy atom. The molecule has 7 heteroatoms. The third kappa shape index (κ3) is 2.91. The van der Waals surface area contributed by atoms with Crippen LogP contribution in [-0.4, -0.2) is 14.6 Å². The summed E-state index contributed by atoms with van der Waals surface area (Å²) >= 11 is 3.30. The summed E-state index contributed by atoms with van der Waals surface area (Å²) in [5.41, 5.74) is 3.22. The molecule has 126 valence electrons. The van der Waals surface area contributed by atoms with Crippen LogP contribution in [0.25, 0.3) is 5.69 Å². The van der Waals surface area contributed by atoms with Gasteiger partial charge in [-0.3, -0.25) is 0 Å². The number of nitrogens with zero attached hydrogens (tertiary/aromatic N) is 2. The number of nitrogens with one attached hydrogen (secondary N) is 1. The largest absolute Gasteiger partial charge is 0.486 e. The van der Waals surface area contributed by atoms with Gasteiger partial charge < -0.3 is 4.74 Å². The summed E-state index contributed by atoms with van der Waals surface area (Å²) < 4.78 is 23.2. The highest BCUT2D eigenvalue weighted by molar-refractivity contribution is 9.10. The van der Waals surface area contributed by atoms with Gasteiger partial charge in [-0.1, -0.05) is 28.1 Å². The quantitative estimate of drug-likeness (QED) is 0.735. The Balaban J connectivity index is 1.93. The van der Waals surface area contributed by atoms with Crippen LogP contribution in [0.2, 0.25) is 0 Å². The SMILES string of the molecule is Cc1cc(OCc2c(C)cccc2-n2[nH]n(C)c2=O)c(F)cc1Br. The topological polar surface area (TPSA) is 51.9 Å². The Morgan fingerprint density at radius 1 is 1.25 bits per heavy atom. The predicted octanol–water partition coefficient (Wildman–Crippen LogP) is 3.60. The number of ether oxygens (including phenoxy) is 1. The van der Waals surface area contributed by atoms with Crippen LogP contribution in [0.15, 0.2) is 39.6 Å². The van der Waals surface area contributed by atoms with Gasteiger partial charge >= 0.3 is 5.69 Å². The lowest BCUT2D eigenvalue weighted by Crippen LogP contribution is -2.40. The molecule has 0 spiro atoms. The smallest absolute Gasteiger partial charge is 0.364 e. The van der Waals surface area contributed by atoms with Gasteiger partial charge in [-0.2, -0.15) is 4.68 Å². The maximum Gasteiger partial charge on any atom is 0.364 e. The minimum Gasteiger partial charge on any atom is -0.486 e. The zero-order valence-corrected chi connectivity index (χ0v) is 15.1. The lowest BCUT2D eigenvalue weighted by atomic mass is 10.1. The third-order valence-electron chi connectivity index (χ3n) is 3.94. The molecule has 0 saturated carbocycles. The van der Waals surface area contributed by atoms with E-state index in [1.165, 1.54) is 15.4 Å². The summed E-state index contributed by atoms with van der Waals surface area (Å²) in [5, 5.41) is 2.88. The number of aromatic nitrogens is 3. The highest BCUT2D eigenvalue weighted by Crippen LogP contribution is 2.27. The second-order valence-corrected chi connectivity index (χ2v) is 6.52. The number of halogens is 2. The van der Waals surface area contributed by atoms with Gasteiger partial charge in [0.15, 0.2) is 11.6 Å². The standard InChI is InChI=1S/C17H17BrFN3O2/c1-10-5-4-6-15(22-17(23)21(3)20-22)12(10)9-24-16-7-11(2)13(18)8-14(16)19/h4-8,20H,9H2,1-3H3. The van der Waals surface area contributed by atoms with E-state index in [1.54, 1.807) is 13.1 Å². The van der Waals surface area contributed by atoms with Gasteiger partial charge in [0, 0.05) is 17.1 Å². The monoisotopic (exact) mass is 393 g/mol. The lowest BCUT2D eigenvalue weighted by Gasteiger charge is -2.19. The van der Waals surface area contributed by atoms with E-state index >= 15 is 0 Å². The summed E-state index contributed by atoms with van der Waals surface area (Å²) in [4.78, 5) is 11.9. The van der Waals surface area contributed by atoms with E-state index in [0.29, 0.717) is 10.2 Å². The van der Waals surface area contributed by atoms with Gasteiger partial charge in [0.1, 0.15) is 6.61 Å². The van der Waals surface area contributed by atoms with Crippen molar-refractivity contribution in [2.24, 2.45) is 7.05 Å². The molecule has 0 aliphatic carbocycles. The van der Waals surface area contributed by atoms with Crippen LogP contribution in [0.3, 0.4) is 0 Å². The molecule has 24 heavy (non-hydrogen) atoms. The van der Waals surface area contributed by atoms with Crippen LogP contribution in [0.4, 0.5) is 4.39 Å². The zero-order chi connectivity index (χ0) is 17.4. The van der Waals surface area contributed by atoms with Crippen molar-refractivity contribution in [2.45, 2.75) is 20.5 Å². The van der Waals surface area contributed by atoms with Crippen molar-refractivity contribution in [1.82, 2.24) is 14.6 Å². The van der Waals surface area contributed by atoms with E-state index in [-0.39, 0.29) is 18.0 Å². The summed E-state index contributed by atoms with van der Waals surface area (Å²) in [5.74, 6) is -0.245. The minimum atomic E-state index is -0.430. The Hall–Kier alpha value is -2.28. The molecule has 0 aliphatic heterocycles. The molecule has 0 unspecified atom stereocenters. The fraction of sp³-hybridized carbons (Fsp3) is 0.235. The molecule has 0 radical (unpaired) electrons. The molecule has 0 saturated heterocycles. The normalized spacial score (nSPS) is 11.0. The molecular formula is C17H17BrFN3O2. The summed E-state index contributed by atoms with van der Waals surface area (Å²) in [6, 6.07) is 8.66. The average molecular weight is 394 g/mol. The molecule has 2 aromatic carbocycles. The van der Waals surface area contributed by atoms with Crippen molar-refractivity contribution >= 4 is 15.9 Å². The molecule has 0 fully saturated rings. The fourth-order valence-electron chi connectivity index (χ4n) is 2.47. The molecule has 3 aromatic rings. The molecule has 3 rings (SSSR count). The lowest BCUT2D eigenvalue weighted by molar-refractivity contribution is 0.287. The summed E-state index contributed by atoms with van der Waals surface area (Å²) in [6.07, 6.45) is 0.